The van der Waals surface area contributed by atoms with Gasteiger partial charge in [0, 0.05) is 0 Å². The monoisotopic (exact) mass is 882 g/mol. The average Bonchev–Trinajstić information content (AvgIpc) is 3.63. The molecule has 4 aromatic rings. The summed E-state index contributed by atoms with van der Waals surface area (Å²) in [5.41, 5.74) is 14.6. The van der Waals surface area contributed by atoms with Crippen molar-refractivity contribution < 1.29 is 18.3 Å². The van der Waals surface area contributed by atoms with Crippen LogP contribution >= 0.6 is 24.8 Å². The molecule has 4 aromatic carbocycles. The third kappa shape index (κ3) is 7.79. The topological polar surface area (TPSA) is 0 Å². The summed E-state index contributed by atoms with van der Waals surface area (Å²) < 4.78 is 12.3. The van der Waals surface area contributed by atoms with Crippen molar-refractivity contribution in [2.45, 2.75) is 152 Å². The molecule has 2 aliphatic rings. The number of rotatable bonds is 5. The standard InChI is InChI=1S/C21H25.C12H19.2C10H13.CH2.2ClH.Zr/c1-20(2,3)16-7-9-18-14(12-16)11-15-13-17(21(4,5)6)8-10-19(15)18;1-6-10-7-9(2)8-11(10)12(3,4)5;2*1-10(2,3)9-7-5-4-6-8-9;;;;/h7-10,12H,11H2,1-6H3;8-9H,6H2,1-5H3;2*5-8H,1-3H3;1H2;2*1H;. The first-order chi connectivity index (χ1) is 25.1. The van der Waals surface area contributed by atoms with E-state index in [4.69, 9.17) is 4.21 Å². The van der Waals surface area contributed by atoms with E-state index in [1.807, 2.05) is 0 Å². The van der Waals surface area contributed by atoms with Crippen molar-refractivity contribution in [1.29, 1.82) is 0 Å². The maximum absolute atomic E-state index is 6.13. The molecule has 57 heavy (non-hydrogen) atoms. The van der Waals surface area contributed by atoms with Gasteiger partial charge in [-0.1, -0.05) is 0 Å². The molecular weight excluding hydrogens is 811 g/mol. The summed E-state index contributed by atoms with van der Waals surface area (Å²) in [7, 11) is 0. The fourth-order valence-electron chi connectivity index (χ4n) is 10.3. The summed E-state index contributed by atoms with van der Waals surface area (Å²) in [5, 5.41) is 0. The summed E-state index contributed by atoms with van der Waals surface area (Å²) in [5.74, 6) is 0.261. The van der Waals surface area contributed by atoms with Crippen LogP contribution < -0.4 is 9.81 Å². The van der Waals surface area contributed by atoms with Crippen molar-refractivity contribution in [3.8, 4) is 11.1 Å². The van der Waals surface area contributed by atoms with Gasteiger partial charge in [0.05, 0.1) is 0 Å². The Morgan fingerprint density at radius 3 is 1.40 bits per heavy atom. The van der Waals surface area contributed by atoms with Crippen molar-refractivity contribution in [2.24, 2.45) is 11.3 Å². The molecule has 0 N–H and O–H groups in total. The fraction of sp³-hybridized carbons (Fsp3) is 0.463. The van der Waals surface area contributed by atoms with Gasteiger partial charge in [-0.2, -0.15) is 0 Å². The first kappa shape index (κ1) is 47.4. The van der Waals surface area contributed by atoms with Crippen LogP contribution in [0.1, 0.15) is 158 Å². The van der Waals surface area contributed by atoms with Gasteiger partial charge < -0.3 is 0 Å². The quantitative estimate of drug-likeness (QED) is 0.165. The second-order valence-corrected chi connectivity index (χ2v) is 35.1. The molecule has 0 saturated carbocycles. The van der Waals surface area contributed by atoms with Crippen LogP contribution in [0, 0.1) is 11.3 Å². The zero-order chi connectivity index (χ0) is 40.9. The van der Waals surface area contributed by atoms with E-state index in [9.17, 15) is 0 Å². The Hall–Kier alpha value is -2.31. The van der Waals surface area contributed by atoms with E-state index in [-0.39, 0.29) is 57.8 Å². The maximum atomic E-state index is 6.13. The minimum atomic E-state index is -5.29. The molecular formula is C54H74Cl2Zr. The van der Waals surface area contributed by atoms with Crippen molar-refractivity contribution in [3.05, 3.63) is 133 Å². The predicted octanol–water partition coefficient (Wildman–Crippen LogP) is 14.0. The van der Waals surface area contributed by atoms with E-state index in [1.54, 1.807) is 12.1 Å². The van der Waals surface area contributed by atoms with Crippen LogP contribution in [0.15, 0.2) is 99.4 Å². The molecule has 0 bridgehead atoms. The van der Waals surface area contributed by atoms with Crippen LogP contribution in [0.3, 0.4) is 0 Å². The van der Waals surface area contributed by atoms with Gasteiger partial charge in [0.25, 0.3) is 0 Å². The Kier molecular flexibility index (Phi) is 12.7. The molecule has 0 nitrogen and oxygen atoms in total. The number of hydrogen-bond donors (Lipinski definition) is 0. The Labute approximate surface area is 361 Å². The number of halogens is 2. The van der Waals surface area contributed by atoms with Gasteiger partial charge in [-0.3, -0.25) is 0 Å². The minimum absolute atomic E-state index is 0. The van der Waals surface area contributed by atoms with Gasteiger partial charge in [0.15, 0.2) is 0 Å². The molecule has 1 atom stereocenters. The molecule has 0 saturated heterocycles. The third-order valence-electron chi connectivity index (χ3n) is 13.4. The molecule has 0 amide bonds. The van der Waals surface area contributed by atoms with E-state index in [0.717, 1.165) is 12.8 Å². The second kappa shape index (κ2) is 15.3. The normalized spacial score (nSPS) is 16.5. The number of fused-ring (bicyclic) bond motifs is 3. The van der Waals surface area contributed by atoms with E-state index in [1.165, 1.54) is 56.6 Å². The molecule has 308 valence electrons. The third-order valence-corrected chi connectivity index (χ3v) is 30.2. The summed E-state index contributed by atoms with van der Waals surface area (Å²) in [6, 6.07) is 32.3. The molecule has 0 fully saturated rings. The van der Waals surface area contributed by atoms with E-state index >= 15 is 0 Å². The van der Waals surface area contributed by atoms with Crippen LogP contribution in [0.5, 0.6) is 0 Å². The first-order valence-electron chi connectivity index (χ1n) is 21.2. The van der Waals surface area contributed by atoms with Gasteiger partial charge in [0.2, 0.25) is 0 Å². The number of hydrogen-bond acceptors (Lipinski definition) is 0. The summed E-state index contributed by atoms with van der Waals surface area (Å²) in [6.07, 6.45) is 4.58. The van der Waals surface area contributed by atoms with Crippen LogP contribution in [0.4, 0.5) is 0 Å². The molecule has 0 spiro atoms. The molecule has 1 unspecified atom stereocenters. The average molecular weight is 885 g/mol. The Morgan fingerprint density at radius 2 is 1.00 bits per heavy atom. The van der Waals surface area contributed by atoms with E-state index in [2.05, 4.69) is 203 Å². The predicted molar refractivity (Wildman–Crippen MR) is 257 cm³/mol. The van der Waals surface area contributed by atoms with Gasteiger partial charge in [0.1, 0.15) is 0 Å². The SMILES string of the molecule is Cl.Cl.[CH2]=[Zr]([C]1=C(CC)C(C(C)(C)C)=CC1C)([c]1ccc(C(C)(C)C)cc1)([c]1ccc(C(C)(C)C)cc1)[c]1c(C(C)(C)C)ccc2c1Cc1cc(C(C)(C)C)ccc1-2. The van der Waals surface area contributed by atoms with Crippen LogP contribution in [-0.2, 0) is 46.4 Å². The summed E-state index contributed by atoms with van der Waals surface area (Å²) >= 11 is -5.29. The van der Waals surface area contributed by atoms with Crippen LogP contribution in [-0.4, -0.2) is 4.21 Å². The Morgan fingerprint density at radius 1 is 0.561 bits per heavy atom. The van der Waals surface area contributed by atoms with Crippen molar-refractivity contribution >= 4 is 38.8 Å². The Balaban J connectivity index is 0.00000360. The van der Waals surface area contributed by atoms with Crippen LogP contribution in [0.25, 0.3) is 11.1 Å². The van der Waals surface area contributed by atoms with Gasteiger partial charge in [-0.25, -0.2) is 0 Å². The first-order valence-corrected chi connectivity index (χ1v) is 27.8. The molecule has 2 aliphatic carbocycles. The molecule has 6 rings (SSSR count). The van der Waals surface area contributed by atoms with Crippen molar-refractivity contribution in [1.82, 2.24) is 0 Å². The number of allylic oxidation sites excluding steroid dienone is 4. The van der Waals surface area contributed by atoms with Gasteiger partial charge >= 0.3 is 340 Å². The molecule has 3 heteroatoms. The molecule has 0 heterocycles. The summed E-state index contributed by atoms with van der Waals surface area (Å²) in [6.45, 7) is 40.5. The second-order valence-electron chi connectivity index (χ2n) is 22.5. The van der Waals surface area contributed by atoms with Crippen LogP contribution in [0.2, 0.25) is 0 Å². The molecule has 0 aromatic heterocycles. The molecule has 0 radical (unpaired) electrons. The van der Waals surface area contributed by atoms with Gasteiger partial charge in [-0.05, 0) is 0 Å². The zero-order valence-electron chi connectivity index (χ0n) is 38.6. The van der Waals surface area contributed by atoms with Gasteiger partial charge in [-0.15, -0.1) is 24.8 Å². The van der Waals surface area contributed by atoms with Crippen molar-refractivity contribution in [3.63, 3.8) is 0 Å². The van der Waals surface area contributed by atoms with E-state index in [0.29, 0.717) is 0 Å². The van der Waals surface area contributed by atoms with Crippen molar-refractivity contribution in [2.75, 3.05) is 0 Å². The number of benzene rings is 4. The molecule has 0 aliphatic heterocycles. The zero-order valence-corrected chi connectivity index (χ0v) is 42.7. The fourth-order valence-corrected chi connectivity index (χ4v) is 29.1. The van der Waals surface area contributed by atoms with E-state index < -0.39 is 18.3 Å². The summed E-state index contributed by atoms with van der Waals surface area (Å²) in [4.78, 5) is 0. The Bertz CT molecular complexity index is 2210.